The number of benzene rings is 2. The first kappa shape index (κ1) is 35.5. The molecule has 10 nitrogen and oxygen atoms in total. The first-order valence-electron chi connectivity index (χ1n) is 18.9. The molecule has 280 valence electrons. The molecule has 54 heavy (non-hydrogen) atoms. The molecule has 12 heteroatoms. The van der Waals surface area contributed by atoms with Crippen LogP contribution in [-0.4, -0.2) is 96.5 Å². The molecule has 2 aliphatic carbocycles. The summed E-state index contributed by atoms with van der Waals surface area (Å²) in [4.78, 5) is 40.8. The number of piperazine rings is 1. The van der Waals surface area contributed by atoms with Gasteiger partial charge in [-0.3, -0.25) is 19.4 Å². The van der Waals surface area contributed by atoms with E-state index in [-0.39, 0.29) is 29.3 Å². The zero-order valence-corrected chi connectivity index (χ0v) is 32.4. The summed E-state index contributed by atoms with van der Waals surface area (Å²) < 4.78 is 11.9. The van der Waals surface area contributed by atoms with Crippen LogP contribution in [0.1, 0.15) is 60.5 Å². The van der Waals surface area contributed by atoms with Crippen molar-refractivity contribution in [2.45, 2.75) is 51.1 Å². The molecule has 0 bridgehead atoms. The third-order valence-electron chi connectivity index (χ3n) is 12.4. The summed E-state index contributed by atoms with van der Waals surface area (Å²) >= 11 is 14.6. The molecular formula is C42H44Cl2N6O4. The molecule has 2 aromatic heterocycles. The number of carbonyl (C=O) groups excluding carboxylic acids is 2. The van der Waals surface area contributed by atoms with Gasteiger partial charge in [-0.05, 0) is 48.9 Å². The lowest BCUT2D eigenvalue weighted by atomic mass is 9.77. The Morgan fingerprint density at radius 3 is 1.74 bits per heavy atom. The van der Waals surface area contributed by atoms with E-state index in [1.54, 1.807) is 21.1 Å². The lowest BCUT2D eigenvalue weighted by molar-refractivity contribution is -0.131. The van der Waals surface area contributed by atoms with Crippen LogP contribution in [0.25, 0.3) is 33.6 Å². The minimum Gasteiger partial charge on any atom is -0.481 e. The van der Waals surface area contributed by atoms with E-state index in [1.807, 2.05) is 41.3 Å². The van der Waals surface area contributed by atoms with E-state index >= 15 is 0 Å². The van der Waals surface area contributed by atoms with E-state index in [1.165, 1.54) is 11.1 Å². The van der Waals surface area contributed by atoms with Gasteiger partial charge >= 0.3 is 0 Å². The van der Waals surface area contributed by atoms with Crippen molar-refractivity contribution in [1.82, 2.24) is 30.0 Å². The second kappa shape index (κ2) is 13.8. The predicted octanol–water partition coefficient (Wildman–Crippen LogP) is 6.76. The summed E-state index contributed by atoms with van der Waals surface area (Å²) in [7, 11) is 3.36. The van der Waals surface area contributed by atoms with E-state index in [9.17, 15) is 9.59 Å². The highest BCUT2D eigenvalue weighted by Crippen LogP contribution is 2.50. The molecule has 2 atom stereocenters. The summed E-state index contributed by atoms with van der Waals surface area (Å²) in [5, 5.41) is 4.14. The topological polar surface area (TPSA) is 100 Å². The number of carbonyl (C=O) groups is 2. The van der Waals surface area contributed by atoms with Crippen LogP contribution in [-0.2, 0) is 22.4 Å². The van der Waals surface area contributed by atoms with Crippen molar-refractivity contribution in [1.29, 1.82) is 0 Å². The Balaban J connectivity index is 1.00. The monoisotopic (exact) mass is 766 g/mol. The number of ether oxygens (including phenoxy) is 2. The normalized spacial score (nSPS) is 21.9. The molecule has 0 saturated carbocycles. The highest BCUT2D eigenvalue weighted by molar-refractivity contribution is 6.39. The Labute approximate surface area is 325 Å². The smallest absolute Gasteiger partial charge is 0.220 e. The van der Waals surface area contributed by atoms with Gasteiger partial charge in [0.2, 0.25) is 23.6 Å². The fraction of sp³-hybridized carbons (Fsp3) is 0.429. The average Bonchev–Trinajstić information content (AvgIpc) is 3.91. The SMILES string of the molecule is COc1nc(-c2cccc(-c3cccc(-c4cc5c(c(OC)n4)[C@@H](N4CCN(C(C)=O)CC4)CC5)c3Cl)c2Cl)cc2c1[C@H](N1CC3(CNC(=O)C3)C1)CC2. The van der Waals surface area contributed by atoms with Crippen LogP contribution >= 0.6 is 23.2 Å². The first-order valence-corrected chi connectivity index (χ1v) is 19.7. The van der Waals surface area contributed by atoms with Gasteiger partial charge in [-0.15, -0.1) is 0 Å². The lowest BCUT2D eigenvalue weighted by Crippen LogP contribution is -2.58. The van der Waals surface area contributed by atoms with Crippen molar-refractivity contribution < 1.29 is 19.1 Å². The van der Waals surface area contributed by atoms with Gasteiger partial charge in [-0.1, -0.05) is 59.6 Å². The number of nitrogens with zero attached hydrogens (tertiary/aromatic N) is 5. The Morgan fingerprint density at radius 1 is 0.778 bits per heavy atom. The number of hydrogen-bond donors (Lipinski definition) is 1. The number of amides is 2. The summed E-state index contributed by atoms with van der Waals surface area (Å²) in [6.07, 6.45) is 4.42. The van der Waals surface area contributed by atoms with Gasteiger partial charge < -0.3 is 19.7 Å². The largest absolute Gasteiger partial charge is 0.481 e. The fourth-order valence-electron chi connectivity index (χ4n) is 9.72. The number of aromatic nitrogens is 2. The average molecular weight is 768 g/mol. The number of fused-ring (bicyclic) bond motifs is 2. The van der Waals surface area contributed by atoms with E-state index in [0.29, 0.717) is 28.2 Å². The molecule has 4 aromatic rings. The van der Waals surface area contributed by atoms with Gasteiger partial charge in [0.1, 0.15) is 0 Å². The van der Waals surface area contributed by atoms with Crippen molar-refractivity contribution in [3.05, 3.63) is 80.8 Å². The van der Waals surface area contributed by atoms with Gasteiger partial charge in [-0.2, -0.15) is 0 Å². The minimum atomic E-state index is 0.0629. The Morgan fingerprint density at radius 2 is 1.28 bits per heavy atom. The number of hydrogen-bond acceptors (Lipinski definition) is 8. The molecule has 5 aliphatic rings. The summed E-state index contributed by atoms with van der Waals surface area (Å²) in [6, 6.07) is 16.7. The molecule has 0 radical (unpaired) electrons. The van der Waals surface area contributed by atoms with Crippen LogP contribution in [0, 0.1) is 5.41 Å². The zero-order valence-electron chi connectivity index (χ0n) is 30.9. The Hall–Kier alpha value is -4.22. The van der Waals surface area contributed by atoms with Crippen molar-refractivity contribution in [2.75, 3.05) is 60.0 Å². The zero-order chi connectivity index (χ0) is 37.3. The van der Waals surface area contributed by atoms with Crippen LogP contribution in [0.3, 0.4) is 0 Å². The van der Waals surface area contributed by atoms with Crippen LogP contribution in [0.15, 0.2) is 48.5 Å². The lowest BCUT2D eigenvalue weighted by Gasteiger charge is -2.50. The van der Waals surface area contributed by atoms with Gasteiger partial charge in [0.15, 0.2) is 0 Å². The number of pyridine rings is 2. The van der Waals surface area contributed by atoms with E-state index in [0.717, 1.165) is 116 Å². The summed E-state index contributed by atoms with van der Waals surface area (Å²) in [5.41, 5.74) is 9.55. The molecule has 3 fully saturated rings. The third-order valence-corrected chi connectivity index (χ3v) is 13.2. The fourth-order valence-corrected chi connectivity index (χ4v) is 10.4. The van der Waals surface area contributed by atoms with Crippen LogP contribution in [0.5, 0.6) is 11.8 Å². The molecule has 2 aromatic carbocycles. The Kier molecular flexibility index (Phi) is 9.08. The van der Waals surface area contributed by atoms with Crippen molar-refractivity contribution in [2.24, 2.45) is 5.41 Å². The van der Waals surface area contributed by atoms with Crippen molar-refractivity contribution >= 4 is 35.0 Å². The highest BCUT2D eigenvalue weighted by Gasteiger charge is 2.51. The van der Waals surface area contributed by atoms with Crippen molar-refractivity contribution in [3.63, 3.8) is 0 Å². The van der Waals surface area contributed by atoms with Gasteiger partial charge in [0, 0.05) is 110 Å². The first-order chi connectivity index (χ1) is 26.2. The standard InChI is InChI=1S/C42H44Cl2N6O4/c1-24(51)48-14-16-49(17-15-48)33-12-10-25-18-31(46-40(53-2)36(25)33)29-8-4-6-27(38(29)43)28-7-5-9-30(39(28)44)32-19-26-11-13-34(37(26)41(47-32)54-3)50-22-42(23-50)20-35(52)45-21-42/h4-9,18-19,33-34H,10-17,20-23H2,1-3H3,(H,45,52)/t33-,34+/m0/s1. The number of aryl methyl sites for hydroxylation is 2. The van der Waals surface area contributed by atoms with E-state index < -0.39 is 0 Å². The maximum atomic E-state index is 11.9. The Bertz CT molecular complexity index is 2180. The molecule has 3 aliphatic heterocycles. The van der Waals surface area contributed by atoms with Gasteiger partial charge in [0.05, 0.1) is 35.7 Å². The molecule has 9 rings (SSSR count). The molecule has 1 spiro atoms. The number of methoxy groups -OCH3 is 2. The van der Waals surface area contributed by atoms with Crippen LogP contribution < -0.4 is 14.8 Å². The quantitative estimate of drug-likeness (QED) is 0.220. The molecule has 1 N–H and O–H groups in total. The van der Waals surface area contributed by atoms with E-state index in [4.69, 9.17) is 42.6 Å². The molecular weight excluding hydrogens is 723 g/mol. The maximum Gasteiger partial charge on any atom is 0.220 e. The van der Waals surface area contributed by atoms with Crippen LogP contribution in [0.4, 0.5) is 0 Å². The number of halogens is 2. The number of likely N-dealkylation sites (tertiary alicyclic amines) is 1. The maximum absolute atomic E-state index is 11.9. The number of nitrogens with one attached hydrogen (secondary N) is 1. The molecule has 3 saturated heterocycles. The predicted molar refractivity (Wildman–Crippen MR) is 209 cm³/mol. The van der Waals surface area contributed by atoms with Crippen LogP contribution in [0.2, 0.25) is 10.0 Å². The summed E-state index contributed by atoms with van der Waals surface area (Å²) in [5.74, 6) is 1.54. The van der Waals surface area contributed by atoms with Gasteiger partial charge in [0.25, 0.3) is 0 Å². The van der Waals surface area contributed by atoms with Gasteiger partial charge in [-0.25, -0.2) is 9.97 Å². The summed E-state index contributed by atoms with van der Waals surface area (Å²) in [6.45, 7) is 7.35. The second-order valence-corrected chi connectivity index (χ2v) is 16.3. The van der Waals surface area contributed by atoms with Crippen molar-refractivity contribution in [3.8, 4) is 45.4 Å². The molecule has 5 heterocycles. The van der Waals surface area contributed by atoms with E-state index in [2.05, 4.69) is 27.2 Å². The number of rotatable bonds is 7. The second-order valence-electron chi connectivity index (χ2n) is 15.5. The third kappa shape index (κ3) is 5.93. The highest BCUT2D eigenvalue weighted by atomic mass is 35.5. The molecule has 0 unspecified atom stereocenters. The minimum absolute atomic E-state index is 0.0629. The molecule has 2 amide bonds.